The van der Waals surface area contributed by atoms with E-state index in [1.54, 1.807) is 6.07 Å². The minimum Gasteiger partial charge on any atom is -0.258 e. The van der Waals surface area contributed by atoms with Crippen LogP contribution in [0.4, 0.5) is 5.69 Å². The average Bonchev–Trinajstić information content (AvgIpc) is 2.49. The van der Waals surface area contributed by atoms with E-state index in [2.05, 4.69) is 48.2 Å². The molecule has 0 amide bonds. The maximum absolute atomic E-state index is 10.8. The Bertz CT molecular complexity index is 862. The van der Waals surface area contributed by atoms with Gasteiger partial charge in [0.05, 0.1) is 9.96 Å². The van der Waals surface area contributed by atoms with E-state index in [0.29, 0.717) is 10.3 Å². The zero-order valence-corrected chi connectivity index (χ0v) is 15.2. The van der Waals surface area contributed by atoms with E-state index in [1.165, 1.54) is 17.7 Å². The van der Waals surface area contributed by atoms with Crippen LogP contribution in [0.25, 0.3) is 11.6 Å². The van der Waals surface area contributed by atoms with Crippen molar-refractivity contribution in [1.82, 2.24) is 0 Å². The van der Waals surface area contributed by atoms with Crippen LogP contribution in [0.1, 0.15) is 23.6 Å². The lowest BCUT2D eigenvalue weighted by molar-refractivity contribution is -0.385. The second-order valence-corrected chi connectivity index (χ2v) is 6.56. The third kappa shape index (κ3) is 3.33. The molecule has 0 atom stereocenters. The first-order valence-electron chi connectivity index (χ1n) is 6.77. The number of nitro benzene ring substituents is 1. The topological polar surface area (TPSA) is 43.1 Å². The SMILES string of the molecule is C=c1cc([N+](=O)[O-])cc/c1=C(\Cl)c1cc(CC)cc(I)c1C. The fourth-order valence-corrected chi connectivity index (χ4v) is 3.29. The summed E-state index contributed by atoms with van der Waals surface area (Å²) in [5, 5.41) is 12.7. The lowest BCUT2D eigenvalue weighted by Crippen LogP contribution is -2.25. The minimum atomic E-state index is -0.432. The van der Waals surface area contributed by atoms with Crippen molar-refractivity contribution < 1.29 is 4.92 Å². The molecule has 22 heavy (non-hydrogen) atoms. The Kier molecular flexibility index (Phi) is 5.24. The summed E-state index contributed by atoms with van der Waals surface area (Å²) in [7, 11) is 0. The Balaban J connectivity index is 2.75. The van der Waals surface area contributed by atoms with Crippen LogP contribution in [0.15, 0.2) is 30.3 Å². The minimum absolute atomic E-state index is 0.0202. The van der Waals surface area contributed by atoms with Gasteiger partial charge in [0, 0.05) is 20.9 Å². The highest BCUT2D eigenvalue weighted by molar-refractivity contribution is 14.1. The number of benzene rings is 2. The molecule has 0 aliphatic heterocycles. The second kappa shape index (κ2) is 6.79. The molecule has 2 aromatic carbocycles. The predicted molar refractivity (Wildman–Crippen MR) is 99.5 cm³/mol. The largest absolute Gasteiger partial charge is 0.270 e. The number of halogens is 2. The van der Waals surface area contributed by atoms with E-state index < -0.39 is 4.92 Å². The highest BCUT2D eigenvalue weighted by Gasteiger charge is 2.10. The number of hydrogen-bond donors (Lipinski definition) is 0. The smallest absolute Gasteiger partial charge is 0.258 e. The fourth-order valence-electron chi connectivity index (χ4n) is 2.22. The first-order chi connectivity index (χ1) is 10.3. The van der Waals surface area contributed by atoms with Crippen molar-refractivity contribution in [1.29, 1.82) is 0 Å². The van der Waals surface area contributed by atoms with Gasteiger partial charge in [-0.05, 0) is 76.0 Å². The van der Waals surface area contributed by atoms with Crippen molar-refractivity contribution >= 4 is 51.5 Å². The van der Waals surface area contributed by atoms with Gasteiger partial charge in [0.2, 0.25) is 0 Å². The third-order valence-electron chi connectivity index (χ3n) is 3.58. The number of nitrogens with zero attached hydrogens (tertiary/aromatic N) is 1. The molecule has 5 heteroatoms. The summed E-state index contributed by atoms with van der Waals surface area (Å²) >= 11 is 8.88. The van der Waals surface area contributed by atoms with Crippen molar-refractivity contribution in [2.45, 2.75) is 20.3 Å². The molecule has 0 aliphatic carbocycles. The van der Waals surface area contributed by atoms with Crippen molar-refractivity contribution in [2.75, 3.05) is 0 Å². The van der Waals surface area contributed by atoms with Gasteiger partial charge in [0.1, 0.15) is 0 Å². The monoisotopic (exact) mass is 427 g/mol. The molecule has 0 aromatic heterocycles. The van der Waals surface area contributed by atoms with E-state index in [-0.39, 0.29) is 5.69 Å². The molecule has 0 unspecified atom stereocenters. The Labute approximate surface area is 147 Å². The highest BCUT2D eigenvalue weighted by atomic mass is 127. The number of aryl methyl sites for hydroxylation is 1. The van der Waals surface area contributed by atoms with Crippen molar-refractivity contribution in [3.05, 3.63) is 71.1 Å². The van der Waals surface area contributed by atoms with Crippen LogP contribution >= 0.6 is 34.2 Å². The molecule has 0 fully saturated rings. The number of non-ortho nitro benzene ring substituents is 1. The fraction of sp³-hybridized carbons (Fsp3) is 0.176. The standard InChI is InChI=1S/C17H15ClINO2/c1-4-12-8-15(11(3)16(19)9-12)17(18)14-6-5-13(20(21)22)7-10(14)2/h5-9H,2,4H2,1,3H3/b17-14+. The Hall–Kier alpha value is -1.40. The average molecular weight is 428 g/mol. The molecule has 2 rings (SSSR count). The van der Waals surface area contributed by atoms with Crippen LogP contribution in [0, 0.1) is 20.6 Å². The van der Waals surface area contributed by atoms with Gasteiger partial charge in [-0.2, -0.15) is 0 Å². The van der Waals surface area contributed by atoms with Gasteiger partial charge in [0.15, 0.2) is 0 Å². The number of rotatable bonds is 3. The van der Waals surface area contributed by atoms with E-state index in [4.69, 9.17) is 11.6 Å². The summed E-state index contributed by atoms with van der Waals surface area (Å²) in [6, 6.07) is 8.77. The van der Waals surface area contributed by atoms with Gasteiger partial charge >= 0.3 is 0 Å². The Morgan fingerprint density at radius 1 is 1.36 bits per heavy atom. The summed E-state index contributed by atoms with van der Waals surface area (Å²) in [6.07, 6.45) is 0.922. The second-order valence-electron chi connectivity index (χ2n) is 5.02. The molecule has 0 heterocycles. The van der Waals surface area contributed by atoms with Crippen molar-refractivity contribution in [3.8, 4) is 0 Å². The lowest BCUT2D eigenvalue weighted by atomic mass is 10.0. The highest BCUT2D eigenvalue weighted by Crippen LogP contribution is 2.26. The van der Waals surface area contributed by atoms with Gasteiger partial charge in [0.25, 0.3) is 5.69 Å². The molecule has 3 nitrogen and oxygen atoms in total. The summed E-state index contributed by atoms with van der Waals surface area (Å²) in [5.74, 6) is 0. The molecule has 114 valence electrons. The first kappa shape index (κ1) is 17.0. The van der Waals surface area contributed by atoms with Crippen LogP contribution in [0.2, 0.25) is 0 Å². The summed E-state index contributed by atoms with van der Waals surface area (Å²) in [5.41, 5.74) is 3.27. The normalized spacial score (nSPS) is 12.2. The third-order valence-corrected chi connectivity index (χ3v) is 5.11. The zero-order valence-electron chi connectivity index (χ0n) is 12.3. The summed E-state index contributed by atoms with van der Waals surface area (Å²) in [6.45, 7) is 8.01. The van der Waals surface area contributed by atoms with Gasteiger partial charge < -0.3 is 0 Å². The van der Waals surface area contributed by atoms with Crippen LogP contribution in [0.5, 0.6) is 0 Å². The van der Waals surface area contributed by atoms with E-state index in [1.807, 2.05) is 6.92 Å². The summed E-state index contributed by atoms with van der Waals surface area (Å²) < 4.78 is 1.15. The molecule has 0 aliphatic rings. The van der Waals surface area contributed by atoms with Gasteiger partial charge in [-0.3, -0.25) is 10.1 Å². The first-order valence-corrected chi connectivity index (χ1v) is 8.23. The van der Waals surface area contributed by atoms with Gasteiger partial charge in [-0.1, -0.05) is 25.1 Å². The molecule has 0 radical (unpaired) electrons. The van der Waals surface area contributed by atoms with E-state index in [9.17, 15) is 10.1 Å². The molecule has 0 N–H and O–H groups in total. The van der Waals surface area contributed by atoms with Crippen LogP contribution < -0.4 is 10.4 Å². The molecule has 0 spiro atoms. The van der Waals surface area contributed by atoms with Gasteiger partial charge in [-0.25, -0.2) is 0 Å². The van der Waals surface area contributed by atoms with Crippen LogP contribution in [-0.2, 0) is 6.42 Å². The molecular formula is C17H15ClINO2. The predicted octanol–water partition coefficient (Wildman–Crippen LogP) is 3.88. The zero-order chi connectivity index (χ0) is 16.4. The summed E-state index contributed by atoms with van der Waals surface area (Å²) in [4.78, 5) is 10.4. The Morgan fingerprint density at radius 3 is 2.59 bits per heavy atom. The number of hydrogen-bond acceptors (Lipinski definition) is 2. The maximum atomic E-state index is 10.8. The van der Waals surface area contributed by atoms with Crippen molar-refractivity contribution in [3.63, 3.8) is 0 Å². The van der Waals surface area contributed by atoms with E-state index >= 15 is 0 Å². The molecule has 0 saturated heterocycles. The molecular weight excluding hydrogens is 413 g/mol. The molecule has 2 aromatic rings. The van der Waals surface area contributed by atoms with Gasteiger partial charge in [-0.15, -0.1) is 0 Å². The van der Waals surface area contributed by atoms with Crippen LogP contribution in [-0.4, -0.2) is 4.92 Å². The molecule has 0 bridgehead atoms. The Morgan fingerprint density at radius 2 is 2.05 bits per heavy atom. The quantitative estimate of drug-likeness (QED) is 0.424. The van der Waals surface area contributed by atoms with Crippen molar-refractivity contribution in [2.24, 2.45) is 0 Å². The molecule has 0 saturated carbocycles. The van der Waals surface area contributed by atoms with Crippen LogP contribution in [0.3, 0.4) is 0 Å². The van der Waals surface area contributed by atoms with E-state index in [0.717, 1.165) is 26.3 Å². The maximum Gasteiger partial charge on any atom is 0.270 e. The lowest BCUT2D eigenvalue weighted by Gasteiger charge is -2.10. The number of nitro groups is 1.